The molecule has 1 aliphatic carbocycles. The number of hydrogen-bond acceptors (Lipinski definition) is 1. The quantitative estimate of drug-likeness (QED) is 0.624. The third-order valence-electron chi connectivity index (χ3n) is 3.26. The van der Waals surface area contributed by atoms with Crippen LogP contribution in [0.5, 0.6) is 0 Å². The van der Waals surface area contributed by atoms with Crippen molar-refractivity contribution in [1.29, 1.82) is 0 Å². The highest BCUT2D eigenvalue weighted by Crippen LogP contribution is 2.44. The van der Waals surface area contributed by atoms with Crippen LogP contribution in [0.15, 0.2) is 0 Å². The van der Waals surface area contributed by atoms with E-state index in [-0.39, 0.29) is 11.8 Å². The summed E-state index contributed by atoms with van der Waals surface area (Å²) in [5.74, 6) is 2.46. The van der Waals surface area contributed by atoms with E-state index in [4.69, 9.17) is 11.6 Å². The summed E-state index contributed by atoms with van der Waals surface area (Å²) < 4.78 is 0. The molecule has 1 amide bonds. The highest BCUT2D eigenvalue weighted by atomic mass is 35.5. The third kappa shape index (κ3) is 1.83. The molecule has 2 fully saturated rings. The number of rotatable bonds is 2. The van der Waals surface area contributed by atoms with E-state index >= 15 is 0 Å². The Labute approximate surface area is 84.2 Å². The van der Waals surface area contributed by atoms with Gasteiger partial charge < -0.3 is 4.90 Å². The number of nitrogens with zero attached hydrogens (tertiary/aromatic N) is 1. The number of amides is 1. The topological polar surface area (TPSA) is 20.3 Å². The number of piperidine rings is 1. The summed E-state index contributed by atoms with van der Waals surface area (Å²) in [5.41, 5.74) is 0. The van der Waals surface area contributed by atoms with Crippen LogP contribution in [0.1, 0.15) is 19.8 Å². The Morgan fingerprint density at radius 2 is 2.38 bits per heavy atom. The fourth-order valence-corrected chi connectivity index (χ4v) is 2.29. The van der Waals surface area contributed by atoms with Crippen LogP contribution in [-0.2, 0) is 4.79 Å². The Hall–Kier alpha value is -0.240. The Morgan fingerprint density at radius 3 is 3.00 bits per heavy atom. The molecule has 3 heteroatoms. The molecule has 1 aliphatic heterocycles. The molecule has 0 aromatic heterocycles. The lowest BCUT2D eigenvalue weighted by atomic mass is 10.1. The van der Waals surface area contributed by atoms with Crippen molar-refractivity contribution < 1.29 is 4.79 Å². The summed E-state index contributed by atoms with van der Waals surface area (Å²) in [5, 5.41) is 0. The molecule has 1 heterocycles. The van der Waals surface area contributed by atoms with E-state index in [1.54, 1.807) is 0 Å². The zero-order chi connectivity index (χ0) is 9.42. The van der Waals surface area contributed by atoms with Crippen LogP contribution in [-0.4, -0.2) is 29.8 Å². The maximum Gasteiger partial charge on any atom is 0.226 e. The van der Waals surface area contributed by atoms with E-state index in [0.29, 0.717) is 5.88 Å². The van der Waals surface area contributed by atoms with Crippen molar-refractivity contribution in [1.82, 2.24) is 4.90 Å². The van der Waals surface area contributed by atoms with Crippen molar-refractivity contribution in [3.63, 3.8) is 0 Å². The number of carbonyl (C=O) groups excluding carboxylic acids is 1. The Kier molecular flexibility index (Phi) is 2.50. The van der Waals surface area contributed by atoms with Crippen LogP contribution >= 0.6 is 11.6 Å². The molecule has 2 rings (SSSR count). The third-order valence-corrected chi connectivity index (χ3v) is 3.72. The van der Waals surface area contributed by atoms with Gasteiger partial charge in [-0.25, -0.2) is 0 Å². The minimum atomic E-state index is -0.00281. The van der Waals surface area contributed by atoms with Crippen molar-refractivity contribution in [2.45, 2.75) is 19.8 Å². The van der Waals surface area contributed by atoms with Crippen LogP contribution in [0.2, 0.25) is 0 Å². The second-order valence-corrected chi connectivity index (χ2v) is 4.69. The van der Waals surface area contributed by atoms with Gasteiger partial charge in [0.25, 0.3) is 0 Å². The van der Waals surface area contributed by atoms with Crippen LogP contribution in [0.25, 0.3) is 0 Å². The molecule has 1 saturated heterocycles. The number of hydrogen-bond donors (Lipinski definition) is 0. The van der Waals surface area contributed by atoms with Gasteiger partial charge in [0.1, 0.15) is 0 Å². The minimum Gasteiger partial charge on any atom is -0.342 e. The molecular formula is C10H16ClNO. The number of carbonyl (C=O) groups is 1. The highest BCUT2D eigenvalue weighted by molar-refractivity contribution is 6.19. The van der Waals surface area contributed by atoms with Crippen LogP contribution in [0, 0.1) is 17.8 Å². The smallest absolute Gasteiger partial charge is 0.226 e. The molecule has 2 aliphatic rings. The van der Waals surface area contributed by atoms with Crippen molar-refractivity contribution >= 4 is 17.5 Å². The van der Waals surface area contributed by atoms with Gasteiger partial charge in [-0.15, -0.1) is 11.6 Å². The van der Waals surface area contributed by atoms with Gasteiger partial charge in [-0.1, -0.05) is 6.92 Å². The summed E-state index contributed by atoms with van der Waals surface area (Å²) in [6.45, 7) is 3.86. The molecule has 0 aromatic rings. The molecule has 0 bridgehead atoms. The maximum atomic E-state index is 11.7. The predicted molar refractivity (Wildman–Crippen MR) is 52.7 cm³/mol. The van der Waals surface area contributed by atoms with E-state index < -0.39 is 0 Å². The van der Waals surface area contributed by atoms with E-state index in [2.05, 4.69) is 0 Å². The summed E-state index contributed by atoms with van der Waals surface area (Å²) >= 11 is 5.67. The van der Waals surface area contributed by atoms with Gasteiger partial charge in [-0.3, -0.25) is 4.79 Å². The fourth-order valence-electron chi connectivity index (χ4n) is 2.16. The van der Waals surface area contributed by atoms with Gasteiger partial charge in [-0.2, -0.15) is 0 Å². The van der Waals surface area contributed by atoms with E-state index in [1.165, 1.54) is 12.8 Å². The summed E-state index contributed by atoms with van der Waals surface area (Å²) in [6, 6.07) is 0. The number of alkyl halides is 1. The Morgan fingerprint density at radius 1 is 1.62 bits per heavy atom. The molecule has 1 saturated carbocycles. The lowest BCUT2D eigenvalue weighted by Crippen LogP contribution is -2.40. The van der Waals surface area contributed by atoms with E-state index in [9.17, 15) is 4.79 Å². The number of halogens is 1. The van der Waals surface area contributed by atoms with Gasteiger partial charge in [-0.05, 0) is 24.7 Å². The number of fused-ring (bicyclic) bond motifs is 1. The molecule has 3 unspecified atom stereocenters. The van der Waals surface area contributed by atoms with Crippen molar-refractivity contribution in [3.8, 4) is 0 Å². The van der Waals surface area contributed by atoms with Gasteiger partial charge in [0.2, 0.25) is 5.91 Å². The molecular weight excluding hydrogens is 186 g/mol. The summed E-state index contributed by atoms with van der Waals surface area (Å²) in [4.78, 5) is 13.7. The van der Waals surface area contributed by atoms with Gasteiger partial charge in [0.15, 0.2) is 0 Å². The van der Waals surface area contributed by atoms with E-state index in [0.717, 1.165) is 24.9 Å². The van der Waals surface area contributed by atoms with Crippen molar-refractivity contribution in [2.75, 3.05) is 19.0 Å². The Bertz CT molecular complexity index is 219. The lowest BCUT2D eigenvalue weighted by molar-refractivity contribution is -0.135. The first-order valence-electron chi connectivity index (χ1n) is 5.07. The van der Waals surface area contributed by atoms with Gasteiger partial charge >= 0.3 is 0 Å². The zero-order valence-electron chi connectivity index (χ0n) is 8.00. The van der Waals surface area contributed by atoms with Crippen LogP contribution in [0.4, 0.5) is 0 Å². The number of likely N-dealkylation sites (tertiary alicyclic amines) is 1. The average Bonchev–Trinajstić information content (AvgIpc) is 2.92. The van der Waals surface area contributed by atoms with Crippen molar-refractivity contribution in [3.05, 3.63) is 0 Å². The standard InChI is InChI=1S/C10H16ClNO/c1-7(5-11)10(13)12-3-2-8-4-9(8)6-12/h7-9H,2-6H2,1H3. The van der Waals surface area contributed by atoms with Crippen molar-refractivity contribution in [2.24, 2.45) is 17.8 Å². The fraction of sp³-hybridized carbons (Fsp3) is 0.900. The van der Waals surface area contributed by atoms with Crippen LogP contribution in [0.3, 0.4) is 0 Å². The second-order valence-electron chi connectivity index (χ2n) is 4.38. The summed E-state index contributed by atoms with van der Waals surface area (Å²) in [6.07, 6.45) is 2.56. The molecule has 0 radical (unpaired) electrons. The highest BCUT2D eigenvalue weighted by Gasteiger charge is 2.42. The molecule has 0 N–H and O–H groups in total. The monoisotopic (exact) mass is 201 g/mol. The molecule has 74 valence electrons. The molecule has 0 spiro atoms. The summed E-state index contributed by atoms with van der Waals surface area (Å²) in [7, 11) is 0. The first-order chi connectivity index (χ1) is 6.22. The van der Waals surface area contributed by atoms with Crippen LogP contribution < -0.4 is 0 Å². The first-order valence-corrected chi connectivity index (χ1v) is 5.60. The first kappa shape index (κ1) is 9.32. The van der Waals surface area contributed by atoms with Gasteiger partial charge in [0.05, 0.1) is 0 Å². The molecule has 13 heavy (non-hydrogen) atoms. The normalized spacial score (nSPS) is 33.8. The largest absolute Gasteiger partial charge is 0.342 e. The maximum absolute atomic E-state index is 11.7. The lowest BCUT2D eigenvalue weighted by Gasteiger charge is -2.28. The average molecular weight is 202 g/mol. The zero-order valence-corrected chi connectivity index (χ0v) is 8.76. The molecule has 0 aromatic carbocycles. The second kappa shape index (κ2) is 3.49. The molecule has 3 atom stereocenters. The Balaban J connectivity index is 1.89. The van der Waals surface area contributed by atoms with E-state index in [1.807, 2.05) is 11.8 Å². The molecule has 2 nitrogen and oxygen atoms in total. The minimum absolute atomic E-state index is 0.00281. The SMILES string of the molecule is CC(CCl)C(=O)N1CCC2CC2C1. The van der Waals surface area contributed by atoms with Gasteiger partial charge in [0, 0.05) is 24.9 Å². The predicted octanol–water partition coefficient (Wildman–Crippen LogP) is 1.73.